The predicted molar refractivity (Wildman–Crippen MR) is 93.6 cm³/mol. The fraction of sp³-hybridized carbons (Fsp3) is 0.533. The van der Waals surface area contributed by atoms with E-state index in [1.165, 1.54) is 24.0 Å². The Morgan fingerprint density at radius 1 is 1.34 bits per heavy atom. The number of carbonyl (C=O) groups excluding carboxylic acids is 1. The first-order valence-corrected chi connectivity index (χ1v) is 8.53. The Morgan fingerprint density at radius 3 is 2.66 bits per heavy atom. The van der Waals surface area contributed by atoms with E-state index >= 15 is 0 Å². The van der Waals surface area contributed by atoms with E-state index in [1.54, 1.807) is 0 Å². The maximum Gasteiger partial charge on any atom is 0.328 e. The van der Waals surface area contributed by atoms with E-state index in [2.05, 4.69) is 25.6 Å². The Kier molecular flexibility index (Phi) is 5.90. The Morgan fingerprint density at radius 2 is 2.07 bits per heavy atom. The van der Waals surface area contributed by atoms with Gasteiger partial charge < -0.3 is 35.6 Å². The number of aliphatic carboxylic acids is 1. The average molecular weight is 412 g/mol. The first kappa shape index (κ1) is 20.8. The number of anilines is 1. The van der Waals surface area contributed by atoms with Gasteiger partial charge in [-0.3, -0.25) is 9.88 Å². The molecule has 158 valence electrons. The van der Waals surface area contributed by atoms with Crippen LogP contribution in [0.2, 0.25) is 0 Å². The van der Waals surface area contributed by atoms with Gasteiger partial charge in [-0.05, 0) is 6.92 Å². The average Bonchev–Trinajstić information content (AvgIpc) is 3.16. The number of urea groups is 1. The number of aliphatic hydroxyl groups is 4. The number of hydrogen-bond donors (Lipinski definition) is 7. The van der Waals surface area contributed by atoms with Gasteiger partial charge in [-0.25, -0.2) is 24.5 Å². The lowest BCUT2D eigenvalue weighted by Crippen LogP contribution is -2.49. The molecule has 14 nitrogen and oxygen atoms in total. The third-order valence-electron chi connectivity index (χ3n) is 4.39. The van der Waals surface area contributed by atoms with Crippen LogP contribution in [-0.2, 0) is 9.53 Å². The number of aliphatic hydroxyl groups excluding tert-OH is 4. The summed E-state index contributed by atoms with van der Waals surface area (Å²) >= 11 is 0. The normalized spacial score (nSPS) is 26.2. The molecule has 7 N–H and O–H groups in total. The number of aromatic nitrogens is 4. The van der Waals surface area contributed by atoms with Gasteiger partial charge >= 0.3 is 12.0 Å². The highest BCUT2D eigenvalue weighted by Crippen LogP contribution is 2.34. The molecule has 0 aliphatic carbocycles. The van der Waals surface area contributed by atoms with Crippen LogP contribution in [0.15, 0.2) is 12.5 Å². The number of carboxylic acids is 1. The summed E-state index contributed by atoms with van der Waals surface area (Å²) in [5.74, 6) is -1.64. The summed E-state index contributed by atoms with van der Waals surface area (Å²) < 4.78 is 6.65. The molecule has 2 amide bonds. The molecular weight excluding hydrogens is 392 g/mol. The van der Waals surface area contributed by atoms with E-state index < -0.39 is 55.3 Å². The molecule has 0 aromatic carbocycles. The highest BCUT2D eigenvalue weighted by atomic mass is 16.6. The van der Waals surface area contributed by atoms with Crippen molar-refractivity contribution in [3.05, 3.63) is 12.5 Å². The van der Waals surface area contributed by atoms with E-state index in [0.717, 1.165) is 0 Å². The molecule has 6 atom stereocenters. The number of imidazole rings is 1. The zero-order valence-electron chi connectivity index (χ0n) is 15.1. The van der Waals surface area contributed by atoms with Gasteiger partial charge in [0.2, 0.25) is 5.95 Å². The van der Waals surface area contributed by atoms with Crippen LogP contribution < -0.4 is 10.6 Å². The highest BCUT2D eigenvalue weighted by Gasteiger charge is 2.45. The Balaban J connectivity index is 1.94. The Hall–Kier alpha value is -2.91. The van der Waals surface area contributed by atoms with Crippen LogP contribution in [-0.4, -0.2) is 94.1 Å². The minimum absolute atomic E-state index is 0.149. The molecule has 0 unspecified atom stereocenters. The molecule has 0 spiro atoms. The second-order valence-electron chi connectivity index (χ2n) is 6.42. The quantitative estimate of drug-likeness (QED) is 0.261. The molecule has 1 saturated heterocycles. The van der Waals surface area contributed by atoms with Gasteiger partial charge in [0.25, 0.3) is 0 Å². The lowest BCUT2D eigenvalue weighted by molar-refractivity contribution is -0.141. The molecule has 0 saturated carbocycles. The molecule has 2 aromatic heterocycles. The van der Waals surface area contributed by atoms with Crippen molar-refractivity contribution in [1.82, 2.24) is 24.8 Å². The predicted octanol–water partition coefficient (Wildman–Crippen LogP) is -2.61. The monoisotopic (exact) mass is 412 g/mol. The van der Waals surface area contributed by atoms with Crippen LogP contribution in [0.1, 0.15) is 13.2 Å². The summed E-state index contributed by atoms with van der Waals surface area (Å²) in [5, 5.41) is 52.6. The summed E-state index contributed by atoms with van der Waals surface area (Å²) in [6, 6.07) is -2.59. The van der Waals surface area contributed by atoms with Gasteiger partial charge in [-0.15, -0.1) is 0 Å². The van der Waals surface area contributed by atoms with Crippen LogP contribution in [0.25, 0.3) is 11.2 Å². The minimum Gasteiger partial charge on any atom is -0.480 e. The van der Waals surface area contributed by atoms with Crippen LogP contribution in [0.5, 0.6) is 0 Å². The largest absolute Gasteiger partial charge is 0.480 e. The van der Waals surface area contributed by atoms with Gasteiger partial charge in [0.05, 0.1) is 18.9 Å². The zero-order chi connectivity index (χ0) is 21.3. The third kappa shape index (κ3) is 3.96. The number of ether oxygens (including phenoxy) is 1. The standard InChI is InChI=1S/C15H20N6O8/c1-5(23)8(13(26)27)19-15(28)20-14-18-6-2-16-4-17-11(6)21(14)12-10(25)9(24)7(3-22)29-12/h2,4-5,7-10,12,22-25H,3H2,1H3,(H,26,27)(H2,18,19,20,28)/t5-,7-,8+,9-,10-,12-/m1/s1. The van der Waals surface area contributed by atoms with Gasteiger partial charge in [0, 0.05) is 0 Å². The Bertz CT molecular complexity index is 904. The summed E-state index contributed by atoms with van der Waals surface area (Å²) in [4.78, 5) is 35.4. The fourth-order valence-electron chi connectivity index (χ4n) is 2.94. The summed E-state index contributed by atoms with van der Waals surface area (Å²) in [6.45, 7) is 0.636. The SMILES string of the molecule is C[C@@H](O)[C@H](NC(=O)Nc1nc2cncnc2n1[C@@H]1O[C@H](CO)[C@@H](O)[C@H]1O)C(=O)O. The van der Waals surface area contributed by atoms with Crippen molar-refractivity contribution in [3.8, 4) is 0 Å². The van der Waals surface area contributed by atoms with Crippen LogP contribution in [0.4, 0.5) is 10.7 Å². The summed E-state index contributed by atoms with van der Waals surface area (Å²) in [5.41, 5.74) is 0.362. The summed E-state index contributed by atoms with van der Waals surface area (Å²) in [7, 11) is 0. The number of carboxylic acid groups (broad SMARTS) is 1. The zero-order valence-corrected chi connectivity index (χ0v) is 15.1. The van der Waals surface area contributed by atoms with E-state index in [1.807, 2.05) is 0 Å². The van der Waals surface area contributed by atoms with E-state index in [-0.39, 0.29) is 17.1 Å². The fourth-order valence-corrected chi connectivity index (χ4v) is 2.94. The second-order valence-corrected chi connectivity index (χ2v) is 6.42. The molecule has 3 heterocycles. The number of amides is 2. The first-order valence-electron chi connectivity index (χ1n) is 8.53. The summed E-state index contributed by atoms with van der Waals surface area (Å²) in [6.07, 6.45) is -4.07. The maximum atomic E-state index is 12.3. The Labute approximate surface area is 162 Å². The second kappa shape index (κ2) is 8.22. The van der Waals surface area contributed by atoms with Crippen molar-refractivity contribution < 1.29 is 39.9 Å². The molecule has 29 heavy (non-hydrogen) atoms. The van der Waals surface area contributed by atoms with Crippen molar-refractivity contribution in [2.75, 3.05) is 11.9 Å². The van der Waals surface area contributed by atoms with Crippen molar-refractivity contribution >= 4 is 29.1 Å². The third-order valence-corrected chi connectivity index (χ3v) is 4.39. The lowest BCUT2D eigenvalue weighted by atomic mass is 10.1. The van der Waals surface area contributed by atoms with E-state index in [0.29, 0.717) is 0 Å². The molecule has 0 radical (unpaired) electrons. The molecule has 1 fully saturated rings. The molecular formula is C15H20N6O8. The molecule has 3 rings (SSSR count). The number of hydrogen-bond acceptors (Lipinski definition) is 10. The van der Waals surface area contributed by atoms with E-state index in [9.17, 15) is 30.0 Å². The number of fused-ring (bicyclic) bond motifs is 1. The first-order chi connectivity index (χ1) is 13.7. The minimum atomic E-state index is -1.58. The number of nitrogens with one attached hydrogen (secondary N) is 2. The molecule has 2 aromatic rings. The van der Waals surface area contributed by atoms with Crippen molar-refractivity contribution in [2.24, 2.45) is 0 Å². The van der Waals surface area contributed by atoms with Crippen LogP contribution in [0.3, 0.4) is 0 Å². The van der Waals surface area contributed by atoms with Gasteiger partial charge in [0.1, 0.15) is 30.2 Å². The van der Waals surface area contributed by atoms with Gasteiger partial charge in [0.15, 0.2) is 17.9 Å². The van der Waals surface area contributed by atoms with Crippen molar-refractivity contribution in [1.29, 1.82) is 0 Å². The maximum absolute atomic E-state index is 12.3. The smallest absolute Gasteiger partial charge is 0.328 e. The number of carbonyl (C=O) groups is 2. The highest BCUT2D eigenvalue weighted by molar-refractivity contribution is 5.92. The van der Waals surface area contributed by atoms with Gasteiger partial charge in [-0.1, -0.05) is 0 Å². The van der Waals surface area contributed by atoms with Crippen LogP contribution >= 0.6 is 0 Å². The molecule has 0 bridgehead atoms. The molecule has 1 aliphatic rings. The van der Waals surface area contributed by atoms with E-state index in [4.69, 9.17) is 9.84 Å². The molecule has 14 heteroatoms. The number of nitrogens with zero attached hydrogens (tertiary/aromatic N) is 4. The van der Waals surface area contributed by atoms with Crippen LogP contribution in [0, 0.1) is 0 Å². The topological polar surface area (TPSA) is 212 Å². The van der Waals surface area contributed by atoms with Crippen molar-refractivity contribution in [3.63, 3.8) is 0 Å². The number of rotatable bonds is 6. The lowest BCUT2D eigenvalue weighted by Gasteiger charge is -2.20. The van der Waals surface area contributed by atoms with Gasteiger partial charge in [-0.2, -0.15) is 0 Å². The molecule has 1 aliphatic heterocycles. The van der Waals surface area contributed by atoms with Crippen molar-refractivity contribution in [2.45, 2.75) is 43.6 Å².